The molecular formula is C18H16N4O3S2. The molecule has 138 valence electrons. The highest BCUT2D eigenvalue weighted by Gasteiger charge is 2.24. The number of benzene rings is 1. The lowest BCUT2D eigenvalue weighted by atomic mass is 10.2. The van der Waals surface area contributed by atoms with Crippen LogP contribution in [0.4, 0.5) is 11.4 Å². The SMILES string of the molecule is CC(Sc1ncnc2sc3c(c12)CCC3)C(=O)Nc1ccc([N+](=O)[O-])cc1. The average molecular weight is 400 g/mol. The molecule has 1 aromatic carbocycles. The second-order valence-electron chi connectivity index (χ2n) is 6.27. The van der Waals surface area contributed by atoms with E-state index in [-0.39, 0.29) is 16.8 Å². The summed E-state index contributed by atoms with van der Waals surface area (Å²) in [5, 5.41) is 15.1. The number of nitro groups is 1. The Morgan fingerprint density at radius 3 is 2.81 bits per heavy atom. The summed E-state index contributed by atoms with van der Waals surface area (Å²) in [7, 11) is 0. The predicted octanol–water partition coefficient (Wildman–Crippen LogP) is 4.21. The highest BCUT2D eigenvalue weighted by Crippen LogP contribution is 2.40. The third-order valence-corrected chi connectivity index (χ3v) is 6.77. The van der Waals surface area contributed by atoms with Crippen LogP contribution in [0.2, 0.25) is 0 Å². The number of anilines is 1. The maximum atomic E-state index is 12.5. The number of rotatable bonds is 5. The molecule has 0 aliphatic heterocycles. The van der Waals surface area contributed by atoms with Gasteiger partial charge in [0, 0.05) is 28.1 Å². The second-order valence-corrected chi connectivity index (χ2v) is 8.68. The summed E-state index contributed by atoms with van der Waals surface area (Å²) in [6, 6.07) is 5.80. The fourth-order valence-corrected chi connectivity index (χ4v) is 5.36. The van der Waals surface area contributed by atoms with Gasteiger partial charge in [-0.05, 0) is 43.9 Å². The molecule has 2 aromatic heterocycles. The van der Waals surface area contributed by atoms with Gasteiger partial charge in [0.2, 0.25) is 5.91 Å². The molecule has 0 fully saturated rings. The molecule has 1 unspecified atom stereocenters. The number of hydrogen-bond donors (Lipinski definition) is 1. The number of aryl methyl sites for hydroxylation is 2. The van der Waals surface area contributed by atoms with Crippen LogP contribution in [0.5, 0.6) is 0 Å². The predicted molar refractivity (Wildman–Crippen MR) is 106 cm³/mol. The van der Waals surface area contributed by atoms with Crippen LogP contribution in [-0.4, -0.2) is 26.0 Å². The molecule has 9 heteroatoms. The first-order valence-electron chi connectivity index (χ1n) is 8.50. The minimum Gasteiger partial charge on any atom is -0.325 e. The van der Waals surface area contributed by atoms with Crippen molar-refractivity contribution in [3.63, 3.8) is 0 Å². The van der Waals surface area contributed by atoms with E-state index in [4.69, 9.17) is 0 Å². The summed E-state index contributed by atoms with van der Waals surface area (Å²) in [6.07, 6.45) is 4.85. The van der Waals surface area contributed by atoms with E-state index in [9.17, 15) is 14.9 Å². The van der Waals surface area contributed by atoms with Crippen molar-refractivity contribution in [2.75, 3.05) is 5.32 Å². The van der Waals surface area contributed by atoms with Gasteiger partial charge in [-0.15, -0.1) is 11.3 Å². The van der Waals surface area contributed by atoms with Gasteiger partial charge in [0.05, 0.1) is 10.2 Å². The fourth-order valence-electron chi connectivity index (χ4n) is 3.12. The van der Waals surface area contributed by atoms with Gasteiger partial charge in [0.15, 0.2) is 0 Å². The van der Waals surface area contributed by atoms with Gasteiger partial charge < -0.3 is 5.32 Å². The molecule has 7 nitrogen and oxygen atoms in total. The lowest BCUT2D eigenvalue weighted by Gasteiger charge is -2.12. The zero-order valence-corrected chi connectivity index (χ0v) is 16.1. The Morgan fingerprint density at radius 1 is 1.30 bits per heavy atom. The van der Waals surface area contributed by atoms with Crippen LogP contribution < -0.4 is 5.32 Å². The summed E-state index contributed by atoms with van der Waals surface area (Å²) in [5.74, 6) is -0.174. The lowest BCUT2D eigenvalue weighted by molar-refractivity contribution is -0.384. The first-order valence-corrected chi connectivity index (χ1v) is 10.2. The molecule has 0 radical (unpaired) electrons. The maximum Gasteiger partial charge on any atom is 0.269 e. The van der Waals surface area contributed by atoms with Gasteiger partial charge in [0.1, 0.15) is 16.2 Å². The van der Waals surface area contributed by atoms with Crippen molar-refractivity contribution >= 4 is 50.6 Å². The molecule has 0 saturated heterocycles. The van der Waals surface area contributed by atoms with Crippen LogP contribution in [0, 0.1) is 10.1 Å². The van der Waals surface area contributed by atoms with E-state index in [0.29, 0.717) is 5.69 Å². The number of thiophene rings is 1. The summed E-state index contributed by atoms with van der Waals surface area (Å²) in [4.78, 5) is 34.0. The van der Waals surface area contributed by atoms with Crippen LogP contribution in [-0.2, 0) is 17.6 Å². The Bertz CT molecular complexity index is 1030. The van der Waals surface area contributed by atoms with Gasteiger partial charge in [-0.25, -0.2) is 9.97 Å². The number of carbonyl (C=O) groups is 1. The third-order valence-electron chi connectivity index (χ3n) is 4.47. The number of amides is 1. The molecule has 0 saturated carbocycles. The largest absolute Gasteiger partial charge is 0.325 e. The highest BCUT2D eigenvalue weighted by molar-refractivity contribution is 8.00. The summed E-state index contributed by atoms with van der Waals surface area (Å²) >= 11 is 3.14. The van der Waals surface area contributed by atoms with E-state index in [1.807, 2.05) is 6.92 Å². The molecule has 1 atom stereocenters. The Hall–Kier alpha value is -2.52. The molecule has 1 amide bonds. The topological polar surface area (TPSA) is 98.0 Å². The van der Waals surface area contributed by atoms with E-state index < -0.39 is 4.92 Å². The summed E-state index contributed by atoms with van der Waals surface area (Å²) < 4.78 is 0. The third kappa shape index (κ3) is 3.52. The van der Waals surface area contributed by atoms with E-state index in [1.165, 1.54) is 46.5 Å². The van der Waals surface area contributed by atoms with Gasteiger partial charge in [-0.3, -0.25) is 14.9 Å². The monoisotopic (exact) mass is 400 g/mol. The molecular weight excluding hydrogens is 384 g/mol. The van der Waals surface area contributed by atoms with Crippen molar-refractivity contribution in [3.05, 3.63) is 51.1 Å². The van der Waals surface area contributed by atoms with Crippen molar-refractivity contribution in [3.8, 4) is 0 Å². The zero-order chi connectivity index (χ0) is 19.0. The lowest BCUT2D eigenvalue weighted by Crippen LogP contribution is -2.22. The van der Waals surface area contributed by atoms with Crippen molar-refractivity contribution in [1.29, 1.82) is 0 Å². The maximum absolute atomic E-state index is 12.5. The Labute approximate surface area is 163 Å². The number of carbonyl (C=O) groups excluding carboxylic acids is 1. The van der Waals surface area contributed by atoms with Crippen LogP contribution in [0.3, 0.4) is 0 Å². The summed E-state index contributed by atoms with van der Waals surface area (Å²) in [6.45, 7) is 1.83. The van der Waals surface area contributed by atoms with E-state index in [0.717, 1.165) is 34.5 Å². The van der Waals surface area contributed by atoms with Gasteiger partial charge in [0.25, 0.3) is 5.69 Å². The molecule has 1 aliphatic carbocycles. The van der Waals surface area contributed by atoms with Crippen LogP contribution in [0.1, 0.15) is 23.8 Å². The normalized spacial score (nSPS) is 14.1. The number of nitrogens with zero attached hydrogens (tertiary/aromatic N) is 3. The number of hydrogen-bond acceptors (Lipinski definition) is 7. The fraction of sp³-hybridized carbons (Fsp3) is 0.278. The molecule has 3 aromatic rings. The highest BCUT2D eigenvalue weighted by atomic mass is 32.2. The number of thioether (sulfide) groups is 1. The van der Waals surface area contributed by atoms with Crippen molar-refractivity contribution < 1.29 is 9.72 Å². The molecule has 0 spiro atoms. The minimum absolute atomic E-state index is 0.00915. The quantitative estimate of drug-likeness (QED) is 0.298. The van der Waals surface area contributed by atoms with Gasteiger partial charge >= 0.3 is 0 Å². The number of nitrogens with one attached hydrogen (secondary N) is 1. The molecule has 4 rings (SSSR count). The van der Waals surface area contributed by atoms with Crippen LogP contribution in [0.25, 0.3) is 10.2 Å². The standard InChI is InChI=1S/C18H16N4O3S2/c1-10(16(23)21-11-5-7-12(8-6-11)22(24)25)26-17-15-13-3-2-4-14(13)27-18(15)20-9-19-17/h5-10H,2-4H2,1H3,(H,21,23). The summed E-state index contributed by atoms with van der Waals surface area (Å²) in [5.41, 5.74) is 1.86. The Morgan fingerprint density at radius 2 is 2.07 bits per heavy atom. The minimum atomic E-state index is -0.469. The Kier molecular flexibility index (Phi) is 4.79. The number of nitro benzene ring substituents is 1. The number of aromatic nitrogens is 2. The Balaban J connectivity index is 1.50. The molecule has 0 bridgehead atoms. The molecule has 27 heavy (non-hydrogen) atoms. The zero-order valence-electron chi connectivity index (χ0n) is 14.5. The first-order chi connectivity index (χ1) is 13.0. The van der Waals surface area contributed by atoms with E-state index in [2.05, 4.69) is 15.3 Å². The first kappa shape index (κ1) is 17.9. The molecule has 1 N–H and O–H groups in total. The van der Waals surface area contributed by atoms with Crippen molar-refractivity contribution in [2.45, 2.75) is 36.5 Å². The smallest absolute Gasteiger partial charge is 0.269 e. The average Bonchev–Trinajstić information content (AvgIpc) is 3.23. The second kappa shape index (κ2) is 7.24. The van der Waals surface area contributed by atoms with Crippen molar-refractivity contribution in [2.24, 2.45) is 0 Å². The van der Waals surface area contributed by atoms with Gasteiger partial charge in [-0.2, -0.15) is 0 Å². The van der Waals surface area contributed by atoms with E-state index >= 15 is 0 Å². The molecule has 1 aliphatic rings. The number of non-ortho nitro benzene ring substituents is 1. The van der Waals surface area contributed by atoms with Crippen LogP contribution >= 0.6 is 23.1 Å². The molecule has 2 heterocycles. The number of fused-ring (bicyclic) bond motifs is 3. The van der Waals surface area contributed by atoms with E-state index in [1.54, 1.807) is 17.7 Å². The van der Waals surface area contributed by atoms with Gasteiger partial charge in [-0.1, -0.05) is 11.8 Å². The van der Waals surface area contributed by atoms with Crippen LogP contribution in [0.15, 0.2) is 35.6 Å². The van der Waals surface area contributed by atoms with Crippen molar-refractivity contribution in [1.82, 2.24) is 9.97 Å².